The third-order valence-electron chi connectivity index (χ3n) is 3.31. The fraction of sp³-hybridized carbons (Fsp3) is 0.571. The SMILES string of the molecule is Cc1cc(CNC2CC2)ccc1SC1COC1. The average molecular weight is 249 g/mol. The van der Waals surface area contributed by atoms with Crippen LogP contribution in [0.25, 0.3) is 0 Å². The summed E-state index contributed by atoms with van der Waals surface area (Å²) in [5.74, 6) is 0. The molecule has 2 fully saturated rings. The lowest BCUT2D eigenvalue weighted by atomic mass is 10.1. The molecule has 0 spiro atoms. The van der Waals surface area contributed by atoms with Crippen LogP contribution in [-0.2, 0) is 11.3 Å². The van der Waals surface area contributed by atoms with Crippen molar-refractivity contribution in [2.24, 2.45) is 0 Å². The quantitative estimate of drug-likeness (QED) is 0.867. The Balaban J connectivity index is 1.60. The first kappa shape index (κ1) is 11.6. The maximum absolute atomic E-state index is 5.21. The summed E-state index contributed by atoms with van der Waals surface area (Å²) in [5, 5.41) is 4.23. The molecule has 0 radical (unpaired) electrons. The van der Waals surface area contributed by atoms with Gasteiger partial charge in [0.25, 0.3) is 0 Å². The third kappa shape index (κ3) is 3.03. The van der Waals surface area contributed by atoms with Crippen LogP contribution < -0.4 is 5.32 Å². The summed E-state index contributed by atoms with van der Waals surface area (Å²) in [6, 6.07) is 7.63. The van der Waals surface area contributed by atoms with E-state index < -0.39 is 0 Å². The van der Waals surface area contributed by atoms with E-state index in [-0.39, 0.29) is 0 Å². The molecule has 92 valence electrons. The normalized spacial score (nSPS) is 20.3. The first-order valence-electron chi connectivity index (χ1n) is 6.38. The smallest absolute Gasteiger partial charge is 0.0611 e. The van der Waals surface area contributed by atoms with Gasteiger partial charge >= 0.3 is 0 Å². The summed E-state index contributed by atoms with van der Waals surface area (Å²) in [7, 11) is 0. The van der Waals surface area contributed by atoms with Crippen LogP contribution in [0.4, 0.5) is 0 Å². The van der Waals surface area contributed by atoms with Crippen molar-refractivity contribution in [2.75, 3.05) is 13.2 Å². The fourth-order valence-electron chi connectivity index (χ4n) is 1.97. The molecule has 1 N–H and O–H groups in total. The molecule has 0 atom stereocenters. The van der Waals surface area contributed by atoms with Crippen LogP contribution in [0, 0.1) is 6.92 Å². The maximum Gasteiger partial charge on any atom is 0.0611 e. The predicted octanol–water partition coefficient (Wildman–Crippen LogP) is 2.74. The number of ether oxygens (including phenoxy) is 1. The lowest BCUT2D eigenvalue weighted by Gasteiger charge is -2.25. The zero-order valence-corrected chi connectivity index (χ0v) is 11.1. The highest BCUT2D eigenvalue weighted by Gasteiger charge is 2.21. The Morgan fingerprint density at radius 2 is 2.18 bits per heavy atom. The van der Waals surface area contributed by atoms with Gasteiger partial charge in [0.15, 0.2) is 0 Å². The monoisotopic (exact) mass is 249 g/mol. The second-order valence-corrected chi connectivity index (χ2v) is 6.37. The van der Waals surface area contributed by atoms with E-state index in [2.05, 4.69) is 30.4 Å². The Hall–Kier alpha value is -0.510. The number of nitrogens with one attached hydrogen (secondary N) is 1. The molecule has 0 amide bonds. The molecule has 3 rings (SSSR count). The molecule has 1 aliphatic heterocycles. The number of hydrogen-bond donors (Lipinski definition) is 1. The van der Waals surface area contributed by atoms with Gasteiger partial charge in [-0.2, -0.15) is 0 Å². The third-order valence-corrected chi connectivity index (χ3v) is 4.63. The van der Waals surface area contributed by atoms with Gasteiger partial charge in [-0.1, -0.05) is 12.1 Å². The summed E-state index contributed by atoms with van der Waals surface area (Å²) >= 11 is 1.96. The molecule has 0 bridgehead atoms. The molecule has 17 heavy (non-hydrogen) atoms. The first-order chi connectivity index (χ1) is 8.31. The Labute approximate surface area is 107 Å². The molecule has 3 heteroatoms. The number of aryl methyl sites for hydroxylation is 1. The predicted molar refractivity (Wildman–Crippen MR) is 71.5 cm³/mol. The summed E-state index contributed by atoms with van der Waals surface area (Å²) in [5.41, 5.74) is 2.81. The van der Waals surface area contributed by atoms with E-state index in [0.717, 1.165) is 25.8 Å². The highest BCUT2D eigenvalue weighted by Crippen LogP contribution is 2.31. The Bertz CT molecular complexity index is 399. The molecule has 2 aliphatic rings. The first-order valence-corrected chi connectivity index (χ1v) is 7.26. The Morgan fingerprint density at radius 3 is 2.76 bits per heavy atom. The minimum absolute atomic E-state index is 0.670. The van der Waals surface area contributed by atoms with Crippen LogP contribution in [0.3, 0.4) is 0 Å². The molecule has 1 saturated carbocycles. The van der Waals surface area contributed by atoms with Gasteiger partial charge in [-0.05, 0) is 37.0 Å². The lowest BCUT2D eigenvalue weighted by molar-refractivity contribution is 0.0455. The van der Waals surface area contributed by atoms with E-state index in [1.54, 1.807) is 0 Å². The Kier molecular flexibility index (Phi) is 3.41. The van der Waals surface area contributed by atoms with Crippen molar-refractivity contribution in [3.63, 3.8) is 0 Å². The van der Waals surface area contributed by atoms with Crippen molar-refractivity contribution in [2.45, 2.75) is 42.5 Å². The van der Waals surface area contributed by atoms with Gasteiger partial charge in [-0.25, -0.2) is 0 Å². The van der Waals surface area contributed by atoms with Crippen molar-refractivity contribution in [3.8, 4) is 0 Å². The molecule has 1 aromatic rings. The topological polar surface area (TPSA) is 21.3 Å². The molecule has 1 aromatic carbocycles. The van der Waals surface area contributed by atoms with E-state index in [1.807, 2.05) is 11.8 Å². The van der Waals surface area contributed by atoms with Gasteiger partial charge in [0.1, 0.15) is 0 Å². The minimum atomic E-state index is 0.670. The number of rotatable bonds is 5. The minimum Gasteiger partial charge on any atom is -0.379 e. The van der Waals surface area contributed by atoms with Crippen molar-refractivity contribution < 1.29 is 4.74 Å². The second kappa shape index (κ2) is 5.01. The van der Waals surface area contributed by atoms with Crippen LogP contribution in [0.5, 0.6) is 0 Å². The summed E-state index contributed by atoms with van der Waals surface area (Å²) < 4.78 is 5.21. The van der Waals surface area contributed by atoms with E-state index >= 15 is 0 Å². The number of benzene rings is 1. The van der Waals surface area contributed by atoms with Gasteiger partial charge in [0.05, 0.1) is 18.5 Å². The van der Waals surface area contributed by atoms with Crippen molar-refractivity contribution in [3.05, 3.63) is 29.3 Å². The molecule has 0 aromatic heterocycles. The molecule has 1 saturated heterocycles. The van der Waals surface area contributed by atoms with Crippen molar-refractivity contribution in [1.29, 1.82) is 0 Å². The van der Waals surface area contributed by atoms with Gasteiger partial charge in [0.2, 0.25) is 0 Å². The van der Waals surface area contributed by atoms with E-state index in [0.29, 0.717) is 5.25 Å². The van der Waals surface area contributed by atoms with E-state index in [9.17, 15) is 0 Å². The summed E-state index contributed by atoms with van der Waals surface area (Å²) in [6.45, 7) is 5.05. The van der Waals surface area contributed by atoms with E-state index in [1.165, 1.54) is 28.9 Å². The summed E-state index contributed by atoms with van der Waals surface area (Å²) in [6.07, 6.45) is 2.71. The van der Waals surface area contributed by atoms with E-state index in [4.69, 9.17) is 4.74 Å². The average Bonchev–Trinajstić information content (AvgIpc) is 3.06. The molecule has 1 heterocycles. The molecular formula is C14H19NOS. The Morgan fingerprint density at radius 1 is 1.35 bits per heavy atom. The molecule has 0 unspecified atom stereocenters. The molecule has 2 nitrogen and oxygen atoms in total. The van der Waals surface area contributed by atoms with Crippen LogP contribution >= 0.6 is 11.8 Å². The zero-order chi connectivity index (χ0) is 11.7. The van der Waals surface area contributed by atoms with Gasteiger partial charge in [-0.15, -0.1) is 11.8 Å². The van der Waals surface area contributed by atoms with Gasteiger partial charge in [-0.3, -0.25) is 0 Å². The van der Waals surface area contributed by atoms with Crippen LogP contribution in [0.1, 0.15) is 24.0 Å². The zero-order valence-electron chi connectivity index (χ0n) is 10.2. The van der Waals surface area contributed by atoms with Crippen LogP contribution in [-0.4, -0.2) is 24.5 Å². The highest BCUT2D eigenvalue weighted by molar-refractivity contribution is 8.00. The van der Waals surface area contributed by atoms with Crippen LogP contribution in [0.2, 0.25) is 0 Å². The maximum atomic E-state index is 5.21. The number of hydrogen-bond acceptors (Lipinski definition) is 3. The van der Waals surface area contributed by atoms with Crippen LogP contribution in [0.15, 0.2) is 23.1 Å². The highest BCUT2D eigenvalue weighted by atomic mass is 32.2. The summed E-state index contributed by atoms with van der Waals surface area (Å²) in [4.78, 5) is 1.41. The largest absolute Gasteiger partial charge is 0.379 e. The van der Waals surface area contributed by atoms with Crippen molar-refractivity contribution >= 4 is 11.8 Å². The molecular weight excluding hydrogens is 230 g/mol. The van der Waals surface area contributed by atoms with Gasteiger partial charge < -0.3 is 10.1 Å². The fourth-order valence-corrected chi connectivity index (χ4v) is 3.04. The second-order valence-electron chi connectivity index (χ2n) is 5.03. The van der Waals surface area contributed by atoms with Crippen molar-refractivity contribution in [1.82, 2.24) is 5.32 Å². The molecule has 1 aliphatic carbocycles. The number of thioether (sulfide) groups is 1. The lowest BCUT2D eigenvalue weighted by Crippen LogP contribution is -2.30. The standard InChI is InChI=1S/C14H19NOS/c1-10-6-11(7-15-12-3-4-12)2-5-14(10)17-13-8-16-9-13/h2,5-6,12-13,15H,3-4,7-9H2,1H3. The van der Waals surface area contributed by atoms with Gasteiger partial charge in [0, 0.05) is 17.5 Å².